The number of hydrogen-bond donors (Lipinski definition) is 1. The molecular weight excluding hydrogens is 234 g/mol. The van der Waals surface area contributed by atoms with Crippen molar-refractivity contribution in [2.45, 2.75) is 13.1 Å². The first-order chi connectivity index (χ1) is 8.65. The van der Waals surface area contributed by atoms with Crippen molar-refractivity contribution in [1.82, 2.24) is 25.1 Å². The van der Waals surface area contributed by atoms with Crippen LogP contribution < -0.4 is 0 Å². The highest BCUT2D eigenvalue weighted by Gasteiger charge is 2.15. The summed E-state index contributed by atoms with van der Waals surface area (Å²) in [6.45, 7) is 0.423. The molecule has 1 amide bonds. The van der Waals surface area contributed by atoms with Crippen LogP contribution in [-0.4, -0.2) is 36.3 Å². The lowest BCUT2D eigenvalue weighted by Crippen LogP contribution is -2.28. The van der Waals surface area contributed by atoms with Crippen LogP contribution in [0.5, 0.6) is 0 Å². The number of tetrazole rings is 1. The molecule has 0 fully saturated rings. The lowest BCUT2D eigenvalue weighted by Gasteiger charge is -2.17. The zero-order chi connectivity index (χ0) is 13.0. The van der Waals surface area contributed by atoms with Gasteiger partial charge in [0.15, 0.2) is 5.82 Å². The molecule has 0 bridgehead atoms. The van der Waals surface area contributed by atoms with Crippen molar-refractivity contribution in [3.05, 3.63) is 41.7 Å². The van der Waals surface area contributed by atoms with Gasteiger partial charge in [0.2, 0.25) is 0 Å². The molecule has 7 heteroatoms. The molecule has 0 aliphatic heterocycles. The number of aromatic nitrogens is 4. The van der Waals surface area contributed by atoms with Crippen molar-refractivity contribution in [2.75, 3.05) is 0 Å². The van der Waals surface area contributed by atoms with Crippen molar-refractivity contribution in [2.24, 2.45) is 7.05 Å². The number of benzene rings is 1. The third kappa shape index (κ3) is 3.03. The van der Waals surface area contributed by atoms with Gasteiger partial charge in [0.1, 0.15) is 0 Å². The van der Waals surface area contributed by atoms with E-state index in [1.54, 1.807) is 7.05 Å². The Morgan fingerprint density at radius 1 is 1.33 bits per heavy atom. The van der Waals surface area contributed by atoms with Gasteiger partial charge >= 0.3 is 6.09 Å². The first kappa shape index (κ1) is 12.0. The van der Waals surface area contributed by atoms with Crippen LogP contribution in [0.3, 0.4) is 0 Å². The molecule has 0 saturated heterocycles. The van der Waals surface area contributed by atoms with Crippen LogP contribution in [0.25, 0.3) is 0 Å². The Balaban J connectivity index is 2.07. The minimum Gasteiger partial charge on any atom is -0.465 e. The maximum atomic E-state index is 11.2. The number of carbonyl (C=O) groups is 1. The van der Waals surface area contributed by atoms with Crippen LogP contribution in [0.15, 0.2) is 30.3 Å². The van der Waals surface area contributed by atoms with Gasteiger partial charge in [-0.05, 0) is 10.8 Å². The van der Waals surface area contributed by atoms with E-state index in [1.807, 2.05) is 30.3 Å². The van der Waals surface area contributed by atoms with Crippen LogP contribution in [0, 0.1) is 0 Å². The summed E-state index contributed by atoms with van der Waals surface area (Å²) < 4.78 is 0. The van der Waals surface area contributed by atoms with Gasteiger partial charge < -0.3 is 5.11 Å². The molecule has 1 heterocycles. The van der Waals surface area contributed by atoms with E-state index in [0.29, 0.717) is 12.4 Å². The van der Waals surface area contributed by atoms with Crippen molar-refractivity contribution >= 4 is 6.09 Å². The van der Waals surface area contributed by atoms with E-state index in [-0.39, 0.29) is 6.54 Å². The summed E-state index contributed by atoms with van der Waals surface area (Å²) in [6, 6.07) is 9.38. The van der Waals surface area contributed by atoms with E-state index in [0.717, 1.165) is 5.56 Å². The third-order valence-corrected chi connectivity index (χ3v) is 2.37. The lowest BCUT2D eigenvalue weighted by molar-refractivity contribution is 0.138. The number of carboxylic acid groups (broad SMARTS) is 1. The third-order valence-electron chi connectivity index (χ3n) is 2.37. The quantitative estimate of drug-likeness (QED) is 0.867. The molecule has 0 saturated carbocycles. The van der Waals surface area contributed by atoms with Crippen LogP contribution in [0.4, 0.5) is 4.79 Å². The summed E-state index contributed by atoms with van der Waals surface area (Å²) in [7, 11) is 1.64. The predicted octanol–water partition coefficient (Wildman–Crippen LogP) is 0.890. The topological polar surface area (TPSA) is 84.1 Å². The van der Waals surface area contributed by atoms with Gasteiger partial charge in [-0.3, -0.25) is 4.90 Å². The summed E-state index contributed by atoms with van der Waals surface area (Å²) >= 11 is 0. The standard InChI is InChI=1S/C11H13N5O2/c1-15-13-10(12-14-15)8-16(11(17)18)7-9-5-3-2-4-6-9/h2-6H,7-8H2,1H3,(H,17,18). The second-order valence-electron chi connectivity index (χ2n) is 3.82. The van der Waals surface area contributed by atoms with Crippen LogP contribution in [0.2, 0.25) is 0 Å². The molecule has 1 aromatic carbocycles. The highest BCUT2D eigenvalue weighted by atomic mass is 16.4. The molecule has 0 atom stereocenters. The van der Waals surface area contributed by atoms with Crippen molar-refractivity contribution < 1.29 is 9.90 Å². The molecule has 0 unspecified atom stereocenters. The molecule has 2 rings (SSSR count). The fraction of sp³-hybridized carbons (Fsp3) is 0.273. The Labute approximate surface area is 104 Å². The monoisotopic (exact) mass is 247 g/mol. The summed E-state index contributed by atoms with van der Waals surface area (Å²) in [5.41, 5.74) is 0.920. The smallest absolute Gasteiger partial charge is 0.408 e. The number of rotatable bonds is 4. The molecule has 94 valence electrons. The first-order valence-electron chi connectivity index (χ1n) is 5.40. The fourth-order valence-corrected chi connectivity index (χ4v) is 1.55. The summed E-state index contributed by atoms with van der Waals surface area (Å²) in [6.07, 6.45) is -1.01. The Morgan fingerprint density at radius 3 is 2.61 bits per heavy atom. The van der Waals surface area contributed by atoms with E-state index in [1.165, 1.54) is 9.70 Å². The zero-order valence-electron chi connectivity index (χ0n) is 9.89. The molecule has 2 aromatic rings. The molecule has 1 N–H and O–H groups in total. The molecule has 18 heavy (non-hydrogen) atoms. The highest BCUT2D eigenvalue weighted by Crippen LogP contribution is 2.07. The number of amides is 1. The van der Waals surface area contributed by atoms with Crippen molar-refractivity contribution in [3.63, 3.8) is 0 Å². The fourth-order valence-electron chi connectivity index (χ4n) is 1.55. The van der Waals surface area contributed by atoms with E-state index in [4.69, 9.17) is 5.11 Å². The zero-order valence-corrected chi connectivity index (χ0v) is 9.89. The summed E-state index contributed by atoms with van der Waals surface area (Å²) in [4.78, 5) is 13.7. The first-order valence-corrected chi connectivity index (χ1v) is 5.40. The van der Waals surface area contributed by atoms with Gasteiger partial charge in [-0.2, -0.15) is 4.80 Å². The Morgan fingerprint density at radius 2 is 2.06 bits per heavy atom. The Bertz CT molecular complexity index is 525. The van der Waals surface area contributed by atoms with Gasteiger partial charge in [0, 0.05) is 6.54 Å². The van der Waals surface area contributed by atoms with E-state index in [2.05, 4.69) is 15.4 Å². The molecule has 1 aromatic heterocycles. The van der Waals surface area contributed by atoms with Crippen LogP contribution in [-0.2, 0) is 20.1 Å². The second kappa shape index (κ2) is 5.26. The lowest BCUT2D eigenvalue weighted by atomic mass is 10.2. The molecule has 0 aliphatic carbocycles. The van der Waals surface area contributed by atoms with Crippen molar-refractivity contribution in [1.29, 1.82) is 0 Å². The maximum Gasteiger partial charge on any atom is 0.408 e. The second-order valence-corrected chi connectivity index (χ2v) is 3.82. The van der Waals surface area contributed by atoms with Gasteiger partial charge in [0.25, 0.3) is 0 Å². The van der Waals surface area contributed by atoms with E-state index < -0.39 is 6.09 Å². The van der Waals surface area contributed by atoms with Crippen LogP contribution >= 0.6 is 0 Å². The summed E-state index contributed by atoms with van der Waals surface area (Å²) in [5, 5.41) is 20.6. The number of aryl methyl sites for hydroxylation is 1. The normalized spacial score (nSPS) is 10.3. The minimum atomic E-state index is -1.01. The molecule has 7 nitrogen and oxygen atoms in total. The van der Waals surface area contributed by atoms with E-state index >= 15 is 0 Å². The van der Waals surface area contributed by atoms with Gasteiger partial charge in [0.05, 0.1) is 13.6 Å². The van der Waals surface area contributed by atoms with Crippen molar-refractivity contribution in [3.8, 4) is 0 Å². The Kier molecular flexibility index (Phi) is 3.52. The molecule has 0 aliphatic rings. The molecule has 0 spiro atoms. The van der Waals surface area contributed by atoms with E-state index in [9.17, 15) is 4.79 Å². The minimum absolute atomic E-state index is 0.123. The van der Waals surface area contributed by atoms with Crippen LogP contribution in [0.1, 0.15) is 11.4 Å². The maximum absolute atomic E-state index is 11.2. The SMILES string of the molecule is Cn1nnc(CN(Cc2ccccc2)C(=O)O)n1. The summed E-state index contributed by atoms with van der Waals surface area (Å²) in [5.74, 6) is 0.385. The average Bonchev–Trinajstić information content (AvgIpc) is 2.75. The molecular formula is C11H13N5O2. The van der Waals surface area contributed by atoms with Gasteiger partial charge in [-0.1, -0.05) is 30.3 Å². The average molecular weight is 247 g/mol. The Hall–Kier alpha value is -2.44. The largest absolute Gasteiger partial charge is 0.465 e. The number of nitrogens with zero attached hydrogens (tertiary/aromatic N) is 5. The van der Waals surface area contributed by atoms with Gasteiger partial charge in [-0.15, -0.1) is 10.2 Å². The predicted molar refractivity (Wildman–Crippen MR) is 62.5 cm³/mol. The molecule has 0 radical (unpaired) electrons. The highest BCUT2D eigenvalue weighted by molar-refractivity contribution is 5.64. The van der Waals surface area contributed by atoms with Gasteiger partial charge in [-0.25, -0.2) is 4.79 Å². The number of hydrogen-bond acceptors (Lipinski definition) is 4.